The Labute approximate surface area is 148 Å². The number of aromatic nitrogens is 3. The van der Waals surface area contributed by atoms with E-state index in [1.165, 1.54) is 0 Å². The second-order valence-electron chi connectivity index (χ2n) is 6.80. The van der Waals surface area contributed by atoms with E-state index in [1.807, 2.05) is 19.9 Å². The van der Waals surface area contributed by atoms with E-state index < -0.39 is 11.7 Å². The SMILES string of the molecule is Cc1nc2nc(C3CCOCC3)cc(C3=C=C(C(F)(F)F)C3)c2nc1C. The average Bonchev–Trinajstić information content (AvgIpc) is 2.54. The summed E-state index contributed by atoms with van der Waals surface area (Å²) in [5.74, 6) is 0.224. The summed E-state index contributed by atoms with van der Waals surface area (Å²) in [7, 11) is 0. The first-order valence-corrected chi connectivity index (χ1v) is 8.63. The first kappa shape index (κ1) is 17.2. The lowest BCUT2D eigenvalue weighted by molar-refractivity contribution is -0.0934. The Balaban J connectivity index is 1.89. The minimum absolute atomic E-state index is 0.148. The fourth-order valence-corrected chi connectivity index (χ4v) is 3.33. The largest absolute Gasteiger partial charge is 0.420 e. The zero-order valence-corrected chi connectivity index (χ0v) is 14.6. The zero-order valence-electron chi connectivity index (χ0n) is 14.6. The molecule has 2 aromatic heterocycles. The lowest BCUT2D eigenvalue weighted by Crippen LogP contribution is -2.18. The predicted octanol–water partition coefficient (Wildman–Crippen LogP) is 4.41. The van der Waals surface area contributed by atoms with Crippen molar-refractivity contribution in [3.8, 4) is 0 Å². The number of allylic oxidation sites excluding steroid dienone is 1. The van der Waals surface area contributed by atoms with Crippen molar-refractivity contribution < 1.29 is 17.9 Å². The van der Waals surface area contributed by atoms with Gasteiger partial charge in [-0.2, -0.15) is 13.2 Å². The summed E-state index contributed by atoms with van der Waals surface area (Å²) >= 11 is 0. The van der Waals surface area contributed by atoms with Crippen LogP contribution in [0.2, 0.25) is 0 Å². The Bertz CT molecular complexity index is 953. The Morgan fingerprint density at radius 2 is 1.73 bits per heavy atom. The number of halogens is 3. The highest BCUT2D eigenvalue weighted by atomic mass is 19.4. The highest BCUT2D eigenvalue weighted by molar-refractivity contribution is 5.89. The molecule has 0 amide bonds. The average molecular weight is 361 g/mol. The predicted molar refractivity (Wildman–Crippen MR) is 90.7 cm³/mol. The van der Waals surface area contributed by atoms with Crippen molar-refractivity contribution in [2.75, 3.05) is 13.2 Å². The number of hydrogen-bond donors (Lipinski definition) is 0. The number of fused-ring (bicyclic) bond motifs is 1. The van der Waals surface area contributed by atoms with E-state index in [0.29, 0.717) is 35.5 Å². The Morgan fingerprint density at radius 3 is 2.38 bits per heavy atom. The third-order valence-electron chi connectivity index (χ3n) is 5.03. The second-order valence-corrected chi connectivity index (χ2v) is 6.80. The van der Waals surface area contributed by atoms with E-state index in [4.69, 9.17) is 4.74 Å². The lowest BCUT2D eigenvalue weighted by Gasteiger charge is -2.24. The molecule has 0 N–H and O–H groups in total. The Kier molecular flexibility index (Phi) is 4.09. The van der Waals surface area contributed by atoms with E-state index >= 15 is 0 Å². The number of nitrogens with zero attached hydrogens (tertiary/aromatic N) is 3. The van der Waals surface area contributed by atoms with Crippen molar-refractivity contribution in [1.82, 2.24) is 15.0 Å². The maximum Gasteiger partial charge on any atom is 0.420 e. The molecule has 0 bridgehead atoms. The van der Waals surface area contributed by atoms with Crippen LogP contribution in [0.15, 0.2) is 17.4 Å². The maximum atomic E-state index is 12.8. The summed E-state index contributed by atoms with van der Waals surface area (Å²) in [4.78, 5) is 13.7. The van der Waals surface area contributed by atoms with Gasteiger partial charge in [0.05, 0.1) is 17.0 Å². The number of pyridine rings is 1. The number of aryl methyl sites for hydroxylation is 2. The Morgan fingerprint density at radius 1 is 1.08 bits per heavy atom. The van der Waals surface area contributed by atoms with Gasteiger partial charge in [0.2, 0.25) is 0 Å². The van der Waals surface area contributed by atoms with Gasteiger partial charge >= 0.3 is 6.18 Å². The summed E-state index contributed by atoms with van der Waals surface area (Å²) in [5.41, 5.74) is 6.46. The van der Waals surface area contributed by atoms with Gasteiger partial charge in [0.25, 0.3) is 0 Å². The molecule has 4 nitrogen and oxygen atoms in total. The van der Waals surface area contributed by atoms with Crippen molar-refractivity contribution in [1.29, 1.82) is 0 Å². The molecular weight excluding hydrogens is 343 g/mol. The van der Waals surface area contributed by atoms with Crippen LogP contribution in [0.5, 0.6) is 0 Å². The molecule has 4 rings (SSSR count). The van der Waals surface area contributed by atoms with Gasteiger partial charge in [-0.15, -0.1) is 5.73 Å². The zero-order chi connectivity index (χ0) is 18.5. The van der Waals surface area contributed by atoms with Crippen LogP contribution in [0.25, 0.3) is 16.7 Å². The molecule has 0 radical (unpaired) electrons. The van der Waals surface area contributed by atoms with E-state index in [1.54, 1.807) is 0 Å². The quantitative estimate of drug-likeness (QED) is 0.744. The second kappa shape index (κ2) is 6.18. The van der Waals surface area contributed by atoms with Crippen molar-refractivity contribution in [3.05, 3.63) is 40.0 Å². The summed E-state index contributed by atoms with van der Waals surface area (Å²) in [6.07, 6.45) is -2.78. The van der Waals surface area contributed by atoms with Crippen LogP contribution >= 0.6 is 0 Å². The minimum atomic E-state index is -4.33. The van der Waals surface area contributed by atoms with Crippen LogP contribution in [-0.2, 0) is 4.74 Å². The standard InChI is InChI=1S/C19H18F3N3O/c1-10-11(2)24-18-17(23-10)15(13-7-14(8-13)19(20,21)22)9-16(25-18)12-3-5-26-6-4-12/h9,12H,3-7H2,1-2H3. The third-order valence-corrected chi connectivity index (χ3v) is 5.03. The molecule has 1 aliphatic heterocycles. The van der Waals surface area contributed by atoms with Crippen LogP contribution in [0.4, 0.5) is 13.2 Å². The number of alkyl halides is 3. The van der Waals surface area contributed by atoms with Gasteiger partial charge in [-0.05, 0) is 32.8 Å². The highest BCUT2D eigenvalue weighted by Crippen LogP contribution is 2.41. The first-order valence-electron chi connectivity index (χ1n) is 8.63. The van der Waals surface area contributed by atoms with Crippen LogP contribution in [0.3, 0.4) is 0 Å². The van der Waals surface area contributed by atoms with Gasteiger partial charge in [-0.1, -0.05) is 0 Å². The smallest absolute Gasteiger partial charge is 0.381 e. The fourth-order valence-electron chi connectivity index (χ4n) is 3.33. The van der Waals surface area contributed by atoms with Crippen molar-refractivity contribution in [3.63, 3.8) is 0 Å². The molecule has 1 fully saturated rings. The number of ether oxygens (including phenoxy) is 1. The van der Waals surface area contributed by atoms with E-state index in [-0.39, 0.29) is 12.3 Å². The molecule has 0 aromatic carbocycles. The molecule has 2 aromatic rings. The monoisotopic (exact) mass is 361 g/mol. The summed E-state index contributed by atoms with van der Waals surface area (Å²) in [5, 5.41) is 0. The van der Waals surface area contributed by atoms with Gasteiger partial charge in [-0.25, -0.2) is 15.0 Å². The molecule has 0 saturated carbocycles. The van der Waals surface area contributed by atoms with Gasteiger partial charge in [0.1, 0.15) is 5.52 Å². The van der Waals surface area contributed by atoms with Crippen molar-refractivity contribution in [2.45, 2.75) is 45.2 Å². The maximum absolute atomic E-state index is 12.8. The molecule has 0 unspecified atom stereocenters. The molecule has 26 heavy (non-hydrogen) atoms. The van der Waals surface area contributed by atoms with Crippen LogP contribution in [0, 0.1) is 13.8 Å². The van der Waals surface area contributed by atoms with Gasteiger partial charge in [-0.3, -0.25) is 0 Å². The normalized spacial score (nSPS) is 18.5. The van der Waals surface area contributed by atoms with E-state index in [9.17, 15) is 13.2 Å². The highest BCUT2D eigenvalue weighted by Gasteiger charge is 2.38. The lowest BCUT2D eigenvalue weighted by atomic mass is 9.88. The molecule has 3 heterocycles. The summed E-state index contributed by atoms with van der Waals surface area (Å²) < 4.78 is 43.9. The van der Waals surface area contributed by atoms with Crippen LogP contribution < -0.4 is 0 Å². The van der Waals surface area contributed by atoms with Crippen LogP contribution in [-0.4, -0.2) is 34.3 Å². The van der Waals surface area contributed by atoms with Gasteiger partial charge in [0.15, 0.2) is 5.65 Å². The number of hydrogen-bond acceptors (Lipinski definition) is 4. The first-order chi connectivity index (χ1) is 12.3. The molecule has 0 atom stereocenters. The number of rotatable bonds is 2. The summed E-state index contributed by atoms with van der Waals surface area (Å²) in [6, 6.07) is 1.87. The van der Waals surface area contributed by atoms with E-state index in [0.717, 1.165) is 29.9 Å². The van der Waals surface area contributed by atoms with Crippen molar-refractivity contribution in [2.24, 2.45) is 0 Å². The topological polar surface area (TPSA) is 47.9 Å². The minimum Gasteiger partial charge on any atom is -0.381 e. The fraction of sp³-hybridized carbons (Fsp3) is 0.474. The molecule has 1 saturated heterocycles. The molecule has 1 aliphatic carbocycles. The van der Waals surface area contributed by atoms with Gasteiger partial charge < -0.3 is 4.74 Å². The summed E-state index contributed by atoms with van der Waals surface area (Å²) in [6.45, 7) is 5.02. The van der Waals surface area contributed by atoms with Gasteiger partial charge in [0, 0.05) is 42.4 Å². The Hall–Kier alpha value is -2.24. The molecule has 0 spiro atoms. The molecule has 7 heteroatoms. The molecular formula is C19H18F3N3O. The molecule has 2 aliphatic rings. The van der Waals surface area contributed by atoms with Crippen LogP contribution in [0.1, 0.15) is 47.8 Å². The molecule has 136 valence electrons. The van der Waals surface area contributed by atoms with E-state index in [2.05, 4.69) is 20.7 Å². The third kappa shape index (κ3) is 3.02. The van der Waals surface area contributed by atoms with Crippen molar-refractivity contribution >= 4 is 16.7 Å².